The number of hydrogen-bond donors (Lipinski definition) is 2. The van der Waals surface area contributed by atoms with Crippen LogP contribution in [-0.2, 0) is 6.54 Å². The van der Waals surface area contributed by atoms with Crippen LogP contribution in [-0.4, -0.2) is 41.6 Å². The molecule has 1 atom stereocenters. The third kappa shape index (κ3) is 4.60. The van der Waals surface area contributed by atoms with Crippen LogP contribution in [0.3, 0.4) is 0 Å². The highest BCUT2D eigenvalue weighted by molar-refractivity contribution is 6.32. The molecule has 1 unspecified atom stereocenters. The maximum absolute atomic E-state index is 13.7. The molecular formula is C18H22ClFN6. The fourth-order valence-corrected chi connectivity index (χ4v) is 3.12. The summed E-state index contributed by atoms with van der Waals surface area (Å²) in [5, 5.41) is 7.25. The summed E-state index contributed by atoms with van der Waals surface area (Å²) < 4.78 is 13.7. The van der Waals surface area contributed by atoms with E-state index in [0.717, 1.165) is 31.9 Å². The molecular weight excluding hydrogens is 355 g/mol. The van der Waals surface area contributed by atoms with Crippen LogP contribution in [0.4, 0.5) is 10.2 Å². The molecule has 0 radical (unpaired) electrons. The molecule has 0 saturated carbocycles. The van der Waals surface area contributed by atoms with Gasteiger partial charge in [-0.15, -0.1) is 0 Å². The zero-order valence-electron chi connectivity index (χ0n) is 14.6. The number of rotatable bonds is 5. The van der Waals surface area contributed by atoms with Gasteiger partial charge in [-0.2, -0.15) is 0 Å². The first-order valence-corrected chi connectivity index (χ1v) is 9.05. The number of hydrogen-bond acceptors (Lipinski definition) is 4. The molecule has 0 aromatic carbocycles. The smallest absolute Gasteiger partial charge is 0.191 e. The molecule has 1 saturated heterocycles. The van der Waals surface area contributed by atoms with Crippen molar-refractivity contribution in [2.75, 3.05) is 24.5 Å². The van der Waals surface area contributed by atoms with Gasteiger partial charge in [-0.3, -0.25) is 4.98 Å². The average molecular weight is 377 g/mol. The van der Waals surface area contributed by atoms with Crippen molar-refractivity contribution in [3.05, 3.63) is 53.2 Å². The summed E-state index contributed by atoms with van der Waals surface area (Å²) in [7, 11) is 0. The Bertz CT molecular complexity index is 769. The van der Waals surface area contributed by atoms with Gasteiger partial charge in [-0.05, 0) is 37.6 Å². The van der Waals surface area contributed by atoms with Crippen molar-refractivity contribution < 1.29 is 4.39 Å². The highest BCUT2D eigenvalue weighted by Crippen LogP contribution is 2.25. The maximum Gasteiger partial charge on any atom is 0.191 e. The SMILES string of the molecule is CCNC(=NCc1ncccc1F)NC1CCN(c2ncccc2Cl)C1. The molecule has 0 amide bonds. The zero-order valence-corrected chi connectivity index (χ0v) is 15.4. The average Bonchev–Trinajstić information content (AvgIpc) is 3.10. The molecule has 26 heavy (non-hydrogen) atoms. The van der Waals surface area contributed by atoms with E-state index in [1.54, 1.807) is 18.5 Å². The second-order valence-corrected chi connectivity index (χ2v) is 6.42. The minimum atomic E-state index is -0.344. The van der Waals surface area contributed by atoms with Gasteiger partial charge in [0.1, 0.15) is 11.6 Å². The van der Waals surface area contributed by atoms with Crippen LogP contribution < -0.4 is 15.5 Å². The predicted octanol–water partition coefficient (Wildman–Crippen LogP) is 2.60. The fourth-order valence-electron chi connectivity index (χ4n) is 2.88. The van der Waals surface area contributed by atoms with Crippen molar-refractivity contribution in [2.24, 2.45) is 4.99 Å². The Hall–Kier alpha value is -2.41. The summed E-state index contributed by atoms with van der Waals surface area (Å²) in [6, 6.07) is 6.84. The molecule has 138 valence electrons. The van der Waals surface area contributed by atoms with E-state index in [0.29, 0.717) is 16.7 Å². The van der Waals surface area contributed by atoms with E-state index in [2.05, 4.69) is 30.5 Å². The first kappa shape index (κ1) is 18.4. The Morgan fingerprint density at radius 3 is 2.92 bits per heavy atom. The summed E-state index contributed by atoms with van der Waals surface area (Å²) >= 11 is 6.24. The number of aromatic nitrogens is 2. The molecule has 2 aromatic rings. The van der Waals surface area contributed by atoms with E-state index in [-0.39, 0.29) is 18.4 Å². The van der Waals surface area contributed by atoms with E-state index in [1.165, 1.54) is 6.07 Å². The van der Waals surface area contributed by atoms with Gasteiger partial charge in [0, 0.05) is 38.1 Å². The number of nitrogens with zero attached hydrogens (tertiary/aromatic N) is 4. The molecule has 1 aliphatic rings. The van der Waals surface area contributed by atoms with Crippen LogP contribution in [0.5, 0.6) is 0 Å². The molecule has 3 heterocycles. The van der Waals surface area contributed by atoms with Gasteiger partial charge in [-0.1, -0.05) is 11.6 Å². The third-order valence-corrected chi connectivity index (χ3v) is 4.43. The number of anilines is 1. The fraction of sp³-hybridized carbons (Fsp3) is 0.389. The van der Waals surface area contributed by atoms with E-state index >= 15 is 0 Å². The Morgan fingerprint density at radius 1 is 1.35 bits per heavy atom. The summed E-state index contributed by atoms with van der Waals surface area (Å²) in [5.41, 5.74) is 0.331. The first-order chi connectivity index (χ1) is 12.7. The number of guanidine groups is 1. The van der Waals surface area contributed by atoms with E-state index < -0.39 is 0 Å². The summed E-state index contributed by atoms with van der Waals surface area (Å²) in [6.45, 7) is 4.54. The van der Waals surface area contributed by atoms with Gasteiger partial charge in [0.05, 0.1) is 17.3 Å². The lowest BCUT2D eigenvalue weighted by Gasteiger charge is -2.20. The van der Waals surface area contributed by atoms with Gasteiger partial charge < -0.3 is 15.5 Å². The van der Waals surface area contributed by atoms with E-state index in [1.807, 2.05) is 19.1 Å². The topological polar surface area (TPSA) is 65.4 Å². The minimum Gasteiger partial charge on any atom is -0.357 e. The second kappa shape index (κ2) is 8.80. The van der Waals surface area contributed by atoms with Crippen LogP contribution in [0.15, 0.2) is 41.7 Å². The third-order valence-electron chi connectivity index (χ3n) is 4.13. The van der Waals surface area contributed by atoms with E-state index in [9.17, 15) is 4.39 Å². The number of aliphatic imine (C=N–C) groups is 1. The van der Waals surface area contributed by atoms with Crippen LogP contribution in [0.25, 0.3) is 0 Å². The second-order valence-electron chi connectivity index (χ2n) is 6.01. The Morgan fingerprint density at radius 2 is 2.15 bits per heavy atom. The van der Waals surface area contributed by atoms with Crippen molar-refractivity contribution in [3.63, 3.8) is 0 Å². The maximum atomic E-state index is 13.7. The van der Waals surface area contributed by atoms with Gasteiger partial charge in [0.2, 0.25) is 0 Å². The number of halogens is 2. The lowest BCUT2D eigenvalue weighted by molar-refractivity contribution is 0.598. The van der Waals surface area contributed by atoms with Crippen molar-refractivity contribution in [2.45, 2.75) is 25.9 Å². The highest BCUT2D eigenvalue weighted by Gasteiger charge is 2.25. The molecule has 2 aromatic heterocycles. The van der Waals surface area contributed by atoms with Crippen LogP contribution in [0.2, 0.25) is 5.02 Å². The molecule has 3 rings (SSSR count). The monoisotopic (exact) mass is 376 g/mol. The van der Waals surface area contributed by atoms with Crippen molar-refractivity contribution in [1.29, 1.82) is 0 Å². The van der Waals surface area contributed by atoms with Crippen molar-refractivity contribution in [1.82, 2.24) is 20.6 Å². The van der Waals surface area contributed by atoms with Crippen LogP contribution >= 0.6 is 11.6 Å². The largest absolute Gasteiger partial charge is 0.357 e. The lowest BCUT2D eigenvalue weighted by atomic mass is 10.3. The van der Waals surface area contributed by atoms with Crippen molar-refractivity contribution >= 4 is 23.4 Å². The van der Waals surface area contributed by atoms with Gasteiger partial charge in [0.25, 0.3) is 0 Å². The summed E-state index contributed by atoms with van der Waals surface area (Å²) in [4.78, 5) is 15.0. The first-order valence-electron chi connectivity index (χ1n) is 8.67. The molecule has 0 aliphatic carbocycles. The number of nitrogens with one attached hydrogen (secondary N) is 2. The highest BCUT2D eigenvalue weighted by atomic mass is 35.5. The van der Waals surface area contributed by atoms with Gasteiger partial charge in [-0.25, -0.2) is 14.4 Å². The number of pyridine rings is 2. The summed E-state index contributed by atoms with van der Waals surface area (Å²) in [5.74, 6) is 1.11. The molecule has 0 spiro atoms. The Balaban J connectivity index is 1.63. The predicted molar refractivity (Wildman–Crippen MR) is 102 cm³/mol. The quantitative estimate of drug-likeness (QED) is 0.620. The van der Waals surface area contributed by atoms with E-state index in [4.69, 9.17) is 11.6 Å². The molecule has 2 N–H and O–H groups in total. The normalized spacial score (nSPS) is 17.4. The lowest BCUT2D eigenvalue weighted by Crippen LogP contribution is -2.44. The van der Waals surface area contributed by atoms with Crippen LogP contribution in [0.1, 0.15) is 19.0 Å². The Kier molecular flexibility index (Phi) is 6.22. The Labute approximate surface area is 157 Å². The summed E-state index contributed by atoms with van der Waals surface area (Å²) in [6.07, 6.45) is 4.25. The molecule has 8 heteroatoms. The molecule has 0 bridgehead atoms. The van der Waals surface area contributed by atoms with Crippen molar-refractivity contribution in [3.8, 4) is 0 Å². The van der Waals surface area contributed by atoms with Gasteiger partial charge in [0.15, 0.2) is 5.96 Å². The standard InChI is InChI=1S/C18H22ClFN6/c1-2-21-18(24-11-16-15(20)6-4-8-22-16)25-13-7-10-26(12-13)17-14(19)5-3-9-23-17/h3-6,8-9,13H,2,7,10-12H2,1H3,(H2,21,24,25). The molecule has 6 nitrogen and oxygen atoms in total. The van der Waals surface area contributed by atoms with Crippen LogP contribution in [0, 0.1) is 5.82 Å². The zero-order chi connectivity index (χ0) is 18.4. The molecule has 1 fully saturated rings. The molecule has 1 aliphatic heterocycles. The van der Waals surface area contributed by atoms with Gasteiger partial charge >= 0.3 is 0 Å². The minimum absolute atomic E-state index is 0.185.